The molecule has 3 rings (SSSR count). The van der Waals surface area contributed by atoms with Crippen molar-refractivity contribution >= 4 is 17.5 Å². The summed E-state index contributed by atoms with van der Waals surface area (Å²) in [7, 11) is 0. The smallest absolute Gasteiger partial charge is 0.255 e. The van der Waals surface area contributed by atoms with Gasteiger partial charge in [0, 0.05) is 17.3 Å². The van der Waals surface area contributed by atoms with Gasteiger partial charge in [0.25, 0.3) is 5.91 Å². The Morgan fingerprint density at radius 2 is 1.90 bits per heavy atom. The number of anilines is 1. The van der Waals surface area contributed by atoms with E-state index in [0.29, 0.717) is 16.8 Å². The van der Waals surface area contributed by atoms with Crippen LogP contribution in [0.4, 0.5) is 5.69 Å². The van der Waals surface area contributed by atoms with Crippen molar-refractivity contribution < 1.29 is 19.4 Å². The number of morpholine rings is 1. The molecule has 2 N–H and O–H groups in total. The van der Waals surface area contributed by atoms with Crippen LogP contribution in [0.25, 0.3) is 0 Å². The third-order valence-electron chi connectivity index (χ3n) is 4.90. The molecule has 2 atom stereocenters. The number of benzene rings is 2. The summed E-state index contributed by atoms with van der Waals surface area (Å²) in [4.78, 5) is 26.2. The van der Waals surface area contributed by atoms with E-state index in [1.165, 1.54) is 0 Å². The van der Waals surface area contributed by atoms with Crippen molar-refractivity contribution in [3.8, 4) is 6.07 Å². The molecule has 150 valence electrons. The first-order valence-corrected chi connectivity index (χ1v) is 9.39. The van der Waals surface area contributed by atoms with E-state index >= 15 is 0 Å². The molecular weight excluding hydrogens is 370 g/mol. The SMILES string of the molecule is CC(C)N1C(=O)COC(c2ccc(NC(=O)c3ccc(C#N)cc3)cc2)C1CO. The van der Waals surface area contributed by atoms with Gasteiger partial charge < -0.3 is 20.1 Å². The minimum Gasteiger partial charge on any atom is -0.394 e. The predicted molar refractivity (Wildman–Crippen MR) is 107 cm³/mol. The topological polar surface area (TPSA) is 103 Å². The zero-order valence-corrected chi connectivity index (χ0v) is 16.3. The molecule has 2 aromatic rings. The Kier molecular flexibility index (Phi) is 6.27. The second-order valence-corrected chi connectivity index (χ2v) is 7.14. The Labute approximate surface area is 169 Å². The first-order chi connectivity index (χ1) is 13.9. The Morgan fingerprint density at radius 3 is 2.45 bits per heavy atom. The summed E-state index contributed by atoms with van der Waals surface area (Å²) in [6, 6.07) is 15.0. The highest BCUT2D eigenvalue weighted by molar-refractivity contribution is 6.04. The van der Waals surface area contributed by atoms with Gasteiger partial charge in [0.15, 0.2) is 0 Å². The molecular formula is C22H23N3O4. The molecule has 0 spiro atoms. The molecule has 7 heteroatoms. The van der Waals surface area contributed by atoms with Gasteiger partial charge in [-0.15, -0.1) is 0 Å². The number of nitrogens with one attached hydrogen (secondary N) is 1. The number of nitriles is 1. The Balaban J connectivity index is 1.73. The number of rotatable bonds is 5. The predicted octanol–water partition coefficient (Wildman–Crippen LogP) is 2.48. The molecule has 0 aromatic heterocycles. The van der Waals surface area contributed by atoms with Crippen LogP contribution < -0.4 is 5.32 Å². The maximum absolute atomic E-state index is 12.4. The van der Waals surface area contributed by atoms with Crippen LogP contribution in [0.15, 0.2) is 48.5 Å². The van der Waals surface area contributed by atoms with Crippen LogP contribution in [-0.2, 0) is 9.53 Å². The first-order valence-electron chi connectivity index (χ1n) is 9.39. The van der Waals surface area contributed by atoms with Crippen LogP contribution in [0.5, 0.6) is 0 Å². The fourth-order valence-corrected chi connectivity index (χ4v) is 3.51. The minimum atomic E-state index is -0.463. The number of aliphatic hydroxyl groups excluding tert-OH is 1. The zero-order chi connectivity index (χ0) is 21.0. The Morgan fingerprint density at radius 1 is 1.24 bits per heavy atom. The molecule has 0 saturated carbocycles. The molecule has 1 saturated heterocycles. The number of hydrogen-bond donors (Lipinski definition) is 2. The lowest BCUT2D eigenvalue weighted by Crippen LogP contribution is -2.55. The number of carbonyl (C=O) groups is 2. The van der Waals surface area contributed by atoms with Crippen LogP contribution in [0, 0.1) is 11.3 Å². The Hall–Kier alpha value is -3.21. The van der Waals surface area contributed by atoms with Crippen LogP contribution in [-0.4, -0.2) is 47.1 Å². The molecule has 1 aliphatic heterocycles. The summed E-state index contributed by atoms with van der Waals surface area (Å²) in [5.74, 6) is -0.414. The number of amides is 2. The molecule has 0 radical (unpaired) electrons. The number of hydrogen-bond acceptors (Lipinski definition) is 5. The van der Waals surface area contributed by atoms with Crippen molar-refractivity contribution in [3.05, 3.63) is 65.2 Å². The van der Waals surface area contributed by atoms with Crippen molar-refractivity contribution in [1.82, 2.24) is 4.90 Å². The second-order valence-electron chi connectivity index (χ2n) is 7.14. The fourth-order valence-electron chi connectivity index (χ4n) is 3.51. The lowest BCUT2D eigenvalue weighted by Gasteiger charge is -2.42. The van der Waals surface area contributed by atoms with E-state index in [1.807, 2.05) is 32.0 Å². The Bertz CT molecular complexity index is 917. The van der Waals surface area contributed by atoms with E-state index in [-0.39, 0.29) is 31.1 Å². The van der Waals surface area contributed by atoms with Gasteiger partial charge in [0.1, 0.15) is 12.7 Å². The van der Waals surface area contributed by atoms with Gasteiger partial charge in [-0.25, -0.2) is 0 Å². The number of nitrogens with zero attached hydrogens (tertiary/aromatic N) is 2. The van der Waals surface area contributed by atoms with Gasteiger partial charge in [-0.3, -0.25) is 9.59 Å². The van der Waals surface area contributed by atoms with Crippen molar-refractivity contribution in [2.45, 2.75) is 32.0 Å². The fraction of sp³-hybridized carbons (Fsp3) is 0.318. The molecule has 2 aromatic carbocycles. The highest BCUT2D eigenvalue weighted by atomic mass is 16.5. The molecule has 1 aliphatic rings. The molecule has 29 heavy (non-hydrogen) atoms. The number of aliphatic hydroxyl groups is 1. The number of carbonyl (C=O) groups excluding carboxylic acids is 2. The monoisotopic (exact) mass is 393 g/mol. The van der Waals surface area contributed by atoms with Crippen LogP contribution in [0.1, 0.15) is 41.4 Å². The van der Waals surface area contributed by atoms with Crippen molar-refractivity contribution in [1.29, 1.82) is 5.26 Å². The van der Waals surface area contributed by atoms with E-state index in [9.17, 15) is 14.7 Å². The lowest BCUT2D eigenvalue weighted by molar-refractivity contribution is -0.164. The van der Waals surface area contributed by atoms with Crippen molar-refractivity contribution in [2.24, 2.45) is 0 Å². The molecule has 1 fully saturated rings. The van der Waals surface area contributed by atoms with Crippen LogP contribution in [0.2, 0.25) is 0 Å². The van der Waals surface area contributed by atoms with Gasteiger partial charge in [-0.05, 0) is 55.8 Å². The van der Waals surface area contributed by atoms with Gasteiger partial charge in [0.2, 0.25) is 5.91 Å². The molecule has 1 heterocycles. The van der Waals surface area contributed by atoms with E-state index < -0.39 is 12.1 Å². The van der Waals surface area contributed by atoms with E-state index in [4.69, 9.17) is 10.00 Å². The minimum absolute atomic E-state index is 0.0312. The van der Waals surface area contributed by atoms with Crippen molar-refractivity contribution in [2.75, 3.05) is 18.5 Å². The highest BCUT2D eigenvalue weighted by Crippen LogP contribution is 2.31. The van der Waals surface area contributed by atoms with Crippen molar-refractivity contribution in [3.63, 3.8) is 0 Å². The standard InChI is InChI=1S/C22H23N3O4/c1-14(2)25-19(12-26)21(29-13-20(25)27)16-7-9-18(10-8-16)24-22(28)17-5-3-15(11-23)4-6-17/h3-10,14,19,21,26H,12-13H2,1-2H3,(H,24,28). The maximum Gasteiger partial charge on any atom is 0.255 e. The van der Waals surface area contributed by atoms with Crippen LogP contribution >= 0.6 is 0 Å². The molecule has 0 aliphatic carbocycles. The van der Waals surface area contributed by atoms with E-state index in [0.717, 1.165) is 5.56 Å². The third-order valence-corrected chi connectivity index (χ3v) is 4.90. The van der Waals surface area contributed by atoms with Crippen LogP contribution in [0.3, 0.4) is 0 Å². The summed E-state index contributed by atoms with van der Waals surface area (Å²) in [6.45, 7) is 3.58. The summed E-state index contributed by atoms with van der Waals surface area (Å²) in [5, 5.41) is 21.5. The zero-order valence-electron chi connectivity index (χ0n) is 16.3. The molecule has 2 unspecified atom stereocenters. The highest BCUT2D eigenvalue weighted by Gasteiger charge is 2.38. The van der Waals surface area contributed by atoms with Gasteiger partial charge in [-0.1, -0.05) is 12.1 Å². The molecule has 0 bridgehead atoms. The van der Waals surface area contributed by atoms with Gasteiger partial charge >= 0.3 is 0 Å². The number of ether oxygens (including phenoxy) is 1. The third kappa shape index (κ3) is 4.45. The molecule has 7 nitrogen and oxygen atoms in total. The molecule has 2 amide bonds. The maximum atomic E-state index is 12.4. The average molecular weight is 393 g/mol. The summed E-state index contributed by atoms with van der Waals surface area (Å²) in [5.41, 5.74) is 2.37. The summed E-state index contributed by atoms with van der Waals surface area (Å²) in [6.07, 6.45) is -0.441. The van der Waals surface area contributed by atoms with Gasteiger partial charge in [-0.2, -0.15) is 5.26 Å². The average Bonchev–Trinajstić information content (AvgIpc) is 2.73. The second kappa shape index (κ2) is 8.86. The largest absolute Gasteiger partial charge is 0.394 e. The normalized spacial score (nSPS) is 19.1. The van der Waals surface area contributed by atoms with E-state index in [2.05, 4.69) is 5.32 Å². The first kappa shape index (κ1) is 20.5. The lowest BCUT2D eigenvalue weighted by atomic mass is 9.98. The summed E-state index contributed by atoms with van der Waals surface area (Å²) < 4.78 is 5.71. The van der Waals surface area contributed by atoms with E-state index in [1.54, 1.807) is 41.3 Å². The van der Waals surface area contributed by atoms with Gasteiger partial charge in [0.05, 0.1) is 24.3 Å². The summed E-state index contributed by atoms with van der Waals surface area (Å²) >= 11 is 0. The quantitative estimate of drug-likeness (QED) is 0.812.